The molecule has 2 aliphatic rings. The summed E-state index contributed by atoms with van der Waals surface area (Å²) in [6.45, 7) is 9.80. The molecule has 2 aromatic carbocycles. The number of aryl methyl sites for hydroxylation is 2. The summed E-state index contributed by atoms with van der Waals surface area (Å²) in [4.78, 5) is 29.4. The van der Waals surface area contributed by atoms with Crippen LogP contribution in [0.3, 0.4) is 0 Å². The van der Waals surface area contributed by atoms with Crippen LogP contribution in [0.2, 0.25) is 0 Å². The van der Waals surface area contributed by atoms with Crippen molar-refractivity contribution in [3.05, 3.63) is 68.6 Å². The topological polar surface area (TPSA) is 78.2 Å². The molecule has 37 heavy (non-hydrogen) atoms. The van der Waals surface area contributed by atoms with Crippen molar-refractivity contribution in [3.63, 3.8) is 0 Å². The van der Waals surface area contributed by atoms with E-state index in [2.05, 4.69) is 13.8 Å². The minimum Gasteiger partial charge on any atom is -0.493 e. The molecular formula is C30H35NO6. The monoisotopic (exact) mass is 505 g/mol. The van der Waals surface area contributed by atoms with Gasteiger partial charge in [0, 0.05) is 13.2 Å². The van der Waals surface area contributed by atoms with Crippen molar-refractivity contribution < 1.29 is 23.4 Å². The second-order valence-corrected chi connectivity index (χ2v) is 10.6. The van der Waals surface area contributed by atoms with Crippen LogP contribution >= 0.6 is 0 Å². The summed E-state index contributed by atoms with van der Waals surface area (Å²) in [5, 5.41) is 0.515. The highest BCUT2D eigenvalue weighted by Crippen LogP contribution is 2.42. The third-order valence-electron chi connectivity index (χ3n) is 7.29. The van der Waals surface area contributed by atoms with Crippen LogP contribution in [0, 0.1) is 19.8 Å². The molecule has 2 atom stereocenters. The van der Waals surface area contributed by atoms with Crippen LogP contribution in [-0.2, 0) is 4.74 Å². The molecule has 0 bridgehead atoms. The Morgan fingerprint density at radius 2 is 1.92 bits per heavy atom. The number of hydrogen-bond donors (Lipinski definition) is 0. The van der Waals surface area contributed by atoms with Gasteiger partial charge in [0.25, 0.3) is 5.91 Å². The van der Waals surface area contributed by atoms with Gasteiger partial charge in [0.1, 0.15) is 5.58 Å². The number of carbonyl (C=O) groups is 1. The van der Waals surface area contributed by atoms with Crippen LogP contribution in [-0.4, -0.2) is 43.8 Å². The number of benzene rings is 2. The van der Waals surface area contributed by atoms with E-state index in [0.29, 0.717) is 53.7 Å². The van der Waals surface area contributed by atoms with E-state index in [9.17, 15) is 9.59 Å². The van der Waals surface area contributed by atoms with Crippen molar-refractivity contribution in [3.8, 4) is 11.5 Å². The van der Waals surface area contributed by atoms with Crippen molar-refractivity contribution in [1.29, 1.82) is 0 Å². The number of hydrogen-bond acceptors (Lipinski definition) is 6. The van der Waals surface area contributed by atoms with Gasteiger partial charge in [-0.3, -0.25) is 9.59 Å². The Morgan fingerprint density at radius 1 is 1.11 bits per heavy atom. The molecule has 0 radical (unpaired) electrons. The maximum Gasteiger partial charge on any atom is 0.291 e. The zero-order valence-electron chi connectivity index (χ0n) is 22.3. The molecule has 3 aromatic rings. The van der Waals surface area contributed by atoms with E-state index in [-0.39, 0.29) is 23.2 Å². The summed E-state index contributed by atoms with van der Waals surface area (Å²) in [7, 11) is 1.60. The molecule has 7 heteroatoms. The molecule has 0 N–H and O–H groups in total. The van der Waals surface area contributed by atoms with Gasteiger partial charge >= 0.3 is 0 Å². The van der Waals surface area contributed by atoms with Gasteiger partial charge in [-0.15, -0.1) is 0 Å². The van der Waals surface area contributed by atoms with Gasteiger partial charge in [-0.05, 0) is 73.9 Å². The number of rotatable bonds is 8. The molecule has 5 rings (SSSR count). The second kappa shape index (κ2) is 10.2. The van der Waals surface area contributed by atoms with Crippen molar-refractivity contribution in [2.45, 2.75) is 59.1 Å². The first-order valence-electron chi connectivity index (χ1n) is 13.1. The summed E-state index contributed by atoms with van der Waals surface area (Å²) in [5.41, 5.74) is 3.23. The van der Waals surface area contributed by atoms with Crippen molar-refractivity contribution in [1.82, 2.24) is 4.90 Å². The minimum absolute atomic E-state index is 0.0743. The summed E-state index contributed by atoms with van der Waals surface area (Å²) in [6.07, 6.45) is 2.69. The number of fused-ring (bicyclic) bond motifs is 2. The molecule has 1 fully saturated rings. The van der Waals surface area contributed by atoms with E-state index in [4.69, 9.17) is 18.6 Å². The molecule has 1 aromatic heterocycles. The average molecular weight is 506 g/mol. The molecule has 196 valence electrons. The zero-order valence-corrected chi connectivity index (χ0v) is 22.3. The fourth-order valence-electron chi connectivity index (χ4n) is 5.43. The highest BCUT2D eigenvalue weighted by atomic mass is 16.5. The normalized spacial score (nSPS) is 19.2. The lowest BCUT2D eigenvalue weighted by Gasteiger charge is -2.28. The predicted molar refractivity (Wildman–Crippen MR) is 142 cm³/mol. The molecule has 0 saturated carbocycles. The van der Waals surface area contributed by atoms with Gasteiger partial charge in [0.15, 0.2) is 16.9 Å². The van der Waals surface area contributed by atoms with Gasteiger partial charge in [-0.1, -0.05) is 26.0 Å². The van der Waals surface area contributed by atoms with Gasteiger partial charge in [-0.25, -0.2) is 0 Å². The fourth-order valence-corrected chi connectivity index (χ4v) is 5.43. The maximum atomic E-state index is 14.0. The Hall–Kier alpha value is -3.32. The fraction of sp³-hybridized carbons (Fsp3) is 0.467. The standard InChI is InChI=1S/C30H35NO6/c1-17(2)10-12-36-22-9-8-20(15-23(22)34-5)27-26-28(32)25-19(4)13-18(3)14-24(25)37-29(26)30(33)31(27)16-21-7-6-11-35-21/h8-9,13-15,17,21,27H,6-7,10-12,16H2,1-5H3. The molecule has 1 saturated heterocycles. The van der Waals surface area contributed by atoms with E-state index in [1.165, 1.54) is 0 Å². The van der Waals surface area contributed by atoms with Gasteiger partial charge < -0.3 is 23.5 Å². The maximum absolute atomic E-state index is 14.0. The molecule has 3 heterocycles. The molecular weight excluding hydrogens is 470 g/mol. The summed E-state index contributed by atoms with van der Waals surface area (Å²) < 4.78 is 23.7. The summed E-state index contributed by atoms with van der Waals surface area (Å²) in [5.74, 6) is 1.56. The Bertz CT molecular complexity index is 1390. The molecule has 2 unspecified atom stereocenters. The van der Waals surface area contributed by atoms with Crippen LogP contribution in [0.4, 0.5) is 0 Å². The quantitative estimate of drug-likeness (QED) is 0.398. The Kier molecular flexibility index (Phi) is 6.99. The SMILES string of the molecule is COc1cc(C2c3c(oc4cc(C)cc(C)c4c3=O)C(=O)N2CC2CCCO2)ccc1OCCC(C)C. The molecule has 1 amide bonds. The molecule has 0 aliphatic carbocycles. The minimum atomic E-state index is -0.605. The van der Waals surface area contributed by atoms with Crippen molar-refractivity contribution in [2.75, 3.05) is 26.9 Å². The number of amides is 1. The molecule has 7 nitrogen and oxygen atoms in total. The van der Waals surface area contributed by atoms with Gasteiger partial charge in [0.2, 0.25) is 5.76 Å². The van der Waals surface area contributed by atoms with Crippen LogP contribution in [0.1, 0.15) is 72.0 Å². The first-order chi connectivity index (χ1) is 17.8. The Labute approximate surface area is 217 Å². The third kappa shape index (κ3) is 4.73. The van der Waals surface area contributed by atoms with E-state index < -0.39 is 6.04 Å². The van der Waals surface area contributed by atoms with Crippen LogP contribution in [0.15, 0.2) is 39.5 Å². The number of ether oxygens (including phenoxy) is 3. The number of carbonyl (C=O) groups excluding carboxylic acids is 1. The van der Waals surface area contributed by atoms with E-state index in [1.54, 1.807) is 12.0 Å². The van der Waals surface area contributed by atoms with Crippen molar-refractivity contribution in [2.24, 2.45) is 5.92 Å². The summed E-state index contributed by atoms with van der Waals surface area (Å²) >= 11 is 0. The highest BCUT2D eigenvalue weighted by Gasteiger charge is 2.44. The van der Waals surface area contributed by atoms with Crippen LogP contribution in [0.5, 0.6) is 11.5 Å². The van der Waals surface area contributed by atoms with Gasteiger partial charge in [-0.2, -0.15) is 0 Å². The predicted octanol–water partition coefficient (Wildman–Crippen LogP) is 5.57. The largest absolute Gasteiger partial charge is 0.493 e. The number of nitrogens with zero attached hydrogens (tertiary/aromatic N) is 1. The lowest BCUT2D eigenvalue weighted by molar-refractivity contribution is 0.0486. The highest BCUT2D eigenvalue weighted by molar-refractivity contribution is 5.99. The van der Waals surface area contributed by atoms with Crippen molar-refractivity contribution >= 4 is 16.9 Å². The van der Waals surface area contributed by atoms with Crippen LogP contribution in [0.25, 0.3) is 11.0 Å². The Morgan fingerprint density at radius 3 is 2.62 bits per heavy atom. The lowest BCUT2D eigenvalue weighted by Crippen LogP contribution is -2.36. The number of methoxy groups -OCH3 is 1. The third-order valence-corrected chi connectivity index (χ3v) is 7.29. The second-order valence-electron chi connectivity index (χ2n) is 10.6. The molecule has 0 spiro atoms. The van der Waals surface area contributed by atoms with Gasteiger partial charge in [0.05, 0.1) is 36.8 Å². The zero-order chi connectivity index (χ0) is 26.3. The first-order valence-corrected chi connectivity index (χ1v) is 13.1. The molecule has 2 aliphatic heterocycles. The van der Waals surface area contributed by atoms with E-state index in [0.717, 1.165) is 36.0 Å². The summed E-state index contributed by atoms with van der Waals surface area (Å²) in [6, 6.07) is 8.82. The smallest absolute Gasteiger partial charge is 0.291 e. The van der Waals surface area contributed by atoms with E-state index in [1.807, 2.05) is 44.2 Å². The average Bonchev–Trinajstić information content (AvgIpc) is 3.46. The van der Waals surface area contributed by atoms with Crippen LogP contribution < -0.4 is 14.9 Å². The van der Waals surface area contributed by atoms with E-state index >= 15 is 0 Å². The lowest BCUT2D eigenvalue weighted by atomic mass is 9.96. The Balaban J connectivity index is 1.63. The first kappa shape index (κ1) is 25.3.